The zero-order valence-corrected chi connectivity index (χ0v) is 13.1. The van der Waals surface area contributed by atoms with Gasteiger partial charge in [0, 0.05) is 11.1 Å². The van der Waals surface area contributed by atoms with Gasteiger partial charge in [-0.05, 0) is 22.8 Å². The molecule has 1 unspecified atom stereocenters. The molecule has 0 aromatic heterocycles. The van der Waals surface area contributed by atoms with Crippen LogP contribution in [0.2, 0.25) is 0 Å². The van der Waals surface area contributed by atoms with Gasteiger partial charge in [-0.1, -0.05) is 24.3 Å². The van der Waals surface area contributed by atoms with Crippen molar-refractivity contribution in [3.63, 3.8) is 0 Å². The molecule has 0 saturated heterocycles. The molecule has 3 aliphatic rings. The van der Waals surface area contributed by atoms with Crippen LogP contribution in [0, 0.1) is 5.21 Å². The van der Waals surface area contributed by atoms with Crippen molar-refractivity contribution in [3.05, 3.63) is 52.2 Å². The van der Waals surface area contributed by atoms with Crippen LogP contribution in [-0.4, -0.2) is 35.2 Å². The van der Waals surface area contributed by atoms with Gasteiger partial charge in [0.05, 0.1) is 7.05 Å². The van der Waals surface area contributed by atoms with Gasteiger partial charge in [-0.2, -0.15) is 0 Å². The number of aliphatic hydroxyl groups excluding tert-OH is 2. The number of nitrogens with zero attached hydrogens (tertiary/aromatic N) is 1. The number of rotatable bonds is 0. The number of hydrogen-bond acceptors (Lipinski definition) is 5. The first-order valence-electron chi connectivity index (χ1n) is 7.97. The fourth-order valence-electron chi connectivity index (χ4n) is 4.38. The summed E-state index contributed by atoms with van der Waals surface area (Å²) >= 11 is 0. The highest BCUT2D eigenvalue weighted by atomic mass is 16.7. The molecule has 0 bridgehead atoms. The fraction of sp³-hybridized carbons (Fsp3) is 0.333. The van der Waals surface area contributed by atoms with Gasteiger partial charge in [-0.3, -0.25) is 0 Å². The zero-order valence-electron chi connectivity index (χ0n) is 13.1. The van der Waals surface area contributed by atoms with E-state index < -0.39 is 22.9 Å². The topological polar surface area (TPSA) is 82.0 Å². The third-order valence-electron chi connectivity index (χ3n) is 5.36. The van der Waals surface area contributed by atoms with E-state index in [4.69, 9.17) is 9.47 Å². The van der Waals surface area contributed by atoms with E-state index in [1.807, 2.05) is 24.3 Å². The third-order valence-corrected chi connectivity index (χ3v) is 5.36. The summed E-state index contributed by atoms with van der Waals surface area (Å²) in [7, 11) is 1.50. The number of likely N-dealkylation sites (N-methyl/N-ethyl adjacent to an activating group) is 1. The monoisotopic (exact) mass is 327 g/mol. The highest BCUT2D eigenvalue weighted by Gasteiger charge is 2.49. The number of ether oxygens (including phenoxy) is 2. The van der Waals surface area contributed by atoms with E-state index in [9.17, 15) is 15.4 Å². The molecular formula is C18H17NO5. The standard InChI is InChI=1S/C18H17NO5/c1-19(22)7-12(20)11-6-13-18(24-8-23-13)15-9-4-2-3-5-10(9)17(21)16(19)14(11)15/h2-6,12,16-17,20-21H,7-8H2,1H3/t12-,16+,17+,19?/m0/s1. The summed E-state index contributed by atoms with van der Waals surface area (Å²) < 4.78 is 10.5. The minimum Gasteiger partial charge on any atom is -0.632 e. The van der Waals surface area contributed by atoms with Crippen molar-refractivity contribution in [1.29, 1.82) is 0 Å². The van der Waals surface area contributed by atoms with Gasteiger partial charge in [0.25, 0.3) is 0 Å². The number of fused-ring (bicyclic) bond motifs is 4. The zero-order chi connectivity index (χ0) is 16.6. The number of quaternary nitrogens is 1. The number of aliphatic hydroxyl groups is 2. The minimum absolute atomic E-state index is 0.00399. The van der Waals surface area contributed by atoms with Crippen molar-refractivity contribution >= 4 is 0 Å². The molecule has 2 heterocycles. The van der Waals surface area contributed by atoms with Gasteiger partial charge in [0.1, 0.15) is 24.8 Å². The summed E-state index contributed by atoms with van der Waals surface area (Å²) in [6.45, 7) is 0.107. The van der Waals surface area contributed by atoms with Gasteiger partial charge < -0.3 is 29.5 Å². The van der Waals surface area contributed by atoms with Crippen LogP contribution in [0.15, 0.2) is 30.3 Å². The Morgan fingerprint density at radius 2 is 1.96 bits per heavy atom. The van der Waals surface area contributed by atoms with Crippen LogP contribution in [-0.2, 0) is 0 Å². The molecule has 0 amide bonds. The Hall–Kier alpha value is -2.12. The predicted octanol–water partition coefficient (Wildman–Crippen LogP) is 2.16. The van der Waals surface area contributed by atoms with Crippen LogP contribution in [0.1, 0.15) is 34.9 Å². The van der Waals surface area contributed by atoms with Gasteiger partial charge in [0.2, 0.25) is 6.79 Å². The van der Waals surface area contributed by atoms with Gasteiger partial charge in [-0.15, -0.1) is 0 Å². The van der Waals surface area contributed by atoms with Crippen LogP contribution < -0.4 is 9.47 Å². The first-order chi connectivity index (χ1) is 11.5. The normalized spacial score (nSPS) is 32.2. The average Bonchev–Trinajstić information content (AvgIpc) is 3.00. The molecule has 1 aliphatic carbocycles. The molecule has 0 radical (unpaired) electrons. The minimum atomic E-state index is -0.928. The summed E-state index contributed by atoms with van der Waals surface area (Å²) in [5.74, 6) is 1.17. The number of benzene rings is 2. The first kappa shape index (κ1) is 14.2. The summed E-state index contributed by atoms with van der Waals surface area (Å²) in [5, 5.41) is 34.6. The van der Waals surface area contributed by atoms with Crippen molar-refractivity contribution in [3.8, 4) is 22.6 Å². The van der Waals surface area contributed by atoms with Crippen molar-refractivity contribution in [2.75, 3.05) is 20.4 Å². The molecule has 2 aliphatic heterocycles. The van der Waals surface area contributed by atoms with Crippen molar-refractivity contribution in [1.82, 2.24) is 0 Å². The summed E-state index contributed by atoms with van der Waals surface area (Å²) in [6, 6.07) is 8.53. The molecule has 5 rings (SSSR count). The molecule has 0 spiro atoms. The first-order valence-corrected chi connectivity index (χ1v) is 7.97. The highest BCUT2D eigenvalue weighted by Crippen LogP contribution is 2.59. The molecule has 6 nitrogen and oxygen atoms in total. The highest BCUT2D eigenvalue weighted by molar-refractivity contribution is 5.84. The summed E-state index contributed by atoms with van der Waals surface area (Å²) in [6.07, 6.45) is -1.83. The molecule has 2 N–H and O–H groups in total. The van der Waals surface area contributed by atoms with Crippen molar-refractivity contribution in [2.24, 2.45) is 0 Å². The molecule has 24 heavy (non-hydrogen) atoms. The van der Waals surface area contributed by atoms with Crippen LogP contribution in [0.4, 0.5) is 0 Å². The quantitative estimate of drug-likeness (QED) is 0.572. The smallest absolute Gasteiger partial charge is 0.231 e. The van der Waals surface area contributed by atoms with E-state index in [1.54, 1.807) is 6.07 Å². The molecule has 0 saturated carbocycles. The van der Waals surface area contributed by atoms with E-state index in [2.05, 4.69) is 0 Å². The maximum atomic E-state index is 13.1. The van der Waals surface area contributed by atoms with Gasteiger partial charge in [0.15, 0.2) is 11.5 Å². The van der Waals surface area contributed by atoms with E-state index in [-0.39, 0.29) is 13.3 Å². The average molecular weight is 327 g/mol. The fourth-order valence-corrected chi connectivity index (χ4v) is 4.38. The molecule has 124 valence electrons. The van der Waals surface area contributed by atoms with Crippen LogP contribution >= 0.6 is 0 Å². The lowest BCUT2D eigenvalue weighted by Crippen LogP contribution is -2.51. The maximum Gasteiger partial charge on any atom is 0.231 e. The van der Waals surface area contributed by atoms with E-state index in [0.29, 0.717) is 28.2 Å². The van der Waals surface area contributed by atoms with Crippen molar-refractivity contribution < 1.29 is 24.3 Å². The number of hydrogen-bond donors (Lipinski definition) is 2. The van der Waals surface area contributed by atoms with Crippen molar-refractivity contribution in [2.45, 2.75) is 18.2 Å². The lowest BCUT2D eigenvalue weighted by Gasteiger charge is -2.53. The van der Waals surface area contributed by atoms with E-state index in [1.165, 1.54) is 7.05 Å². The lowest BCUT2D eigenvalue weighted by molar-refractivity contribution is -0.904. The molecule has 0 fully saturated rings. The maximum absolute atomic E-state index is 13.1. The second-order valence-corrected chi connectivity index (χ2v) is 6.84. The second-order valence-electron chi connectivity index (χ2n) is 6.84. The largest absolute Gasteiger partial charge is 0.632 e. The van der Waals surface area contributed by atoms with Gasteiger partial charge >= 0.3 is 0 Å². The number of hydroxylamine groups is 3. The Morgan fingerprint density at radius 1 is 1.17 bits per heavy atom. The predicted molar refractivity (Wildman–Crippen MR) is 85.1 cm³/mol. The molecule has 6 heteroatoms. The Labute approximate surface area is 138 Å². The van der Waals surface area contributed by atoms with E-state index >= 15 is 0 Å². The molecule has 2 aromatic carbocycles. The van der Waals surface area contributed by atoms with E-state index in [0.717, 1.165) is 11.1 Å². The van der Waals surface area contributed by atoms with Crippen LogP contribution in [0.25, 0.3) is 11.1 Å². The SMILES string of the molecule is C[N+]1([O-])C[C@H](O)c2cc3c(c4c2[C@@H]1[C@H](O)c1ccccc1-4)OCO3. The third kappa shape index (κ3) is 1.63. The van der Waals surface area contributed by atoms with Crippen LogP contribution in [0.5, 0.6) is 11.5 Å². The molecular weight excluding hydrogens is 310 g/mol. The molecule has 2 aromatic rings. The Balaban J connectivity index is 1.93. The summed E-state index contributed by atoms with van der Waals surface area (Å²) in [5.41, 5.74) is 3.64. The summed E-state index contributed by atoms with van der Waals surface area (Å²) in [4.78, 5) is 0. The Bertz CT molecular complexity index is 863. The Kier molecular flexibility index (Phi) is 2.66. The molecule has 4 atom stereocenters. The van der Waals surface area contributed by atoms with Gasteiger partial charge in [-0.25, -0.2) is 0 Å². The van der Waals surface area contributed by atoms with Crippen LogP contribution in [0.3, 0.4) is 0 Å². The second kappa shape index (κ2) is 4.49. The lowest BCUT2D eigenvalue weighted by atomic mass is 9.74. The Morgan fingerprint density at radius 3 is 2.79 bits per heavy atom.